The van der Waals surface area contributed by atoms with Gasteiger partial charge in [0.2, 0.25) is 0 Å². The van der Waals surface area contributed by atoms with E-state index in [-0.39, 0.29) is 5.78 Å². The highest BCUT2D eigenvalue weighted by atomic mass is 35.5. The molecule has 0 aliphatic heterocycles. The summed E-state index contributed by atoms with van der Waals surface area (Å²) in [6.45, 7) is 1.46. The van der Waals surface area contributed by atoms with Crippen LogP contribution in [0, 0.1) is 0 Å². The molecule has 0 radical (unpaired) electrons. The Morgan fingerprint density at radius 1 is 1.44 bits per heavy atom. The van der Waals surface area contributed by atoms with Crippen molar-refractivity contribution in [2.45, 2.75) is 17.0 Å². The molecule has 2 heterocycles. The Hall–Kier alpha value is -1.26. The Bertz CT molecular complexity index is 524. The van der Waals surface area contributed by atoms with E-state index in [0.717, 1.165) is 0 Å². The largest absolute Gasteiger partial charge is 0.446 e. The summed E-state index contributed by atoms with van der Waals surface area (Å²) in [5, 5.41) is 1.83. The number of hydrogen-bond donors (Lipinski definition) is 0. The number of aromatic nitrogens is 1. The number of ketones is 1. The van der Waals surface area contributed by atoms with E-state index in [1.54, 1.807) is 30.5 Å². The Morgan fingerprint density at radius 3 is 2.88 bits per heavy atom. The Kier molecular flexibility index (Phi) is 3.31. The molecular formula is C11H8ClNO2S. The fraction of sp³-hybridized carbons (Fsp3) is 0.0909. The monoisotopic (exact) mass is 253 g/mol. The molecule has 0 spiro atoms. The van der Waals surface area contributed by atoms with Crippen molar-refractivity contribution in [3.8, 4) is 0 Å². The highest BCUT2D eigenvalue weighted by molar-refractivity contribution is 7.99. The lowest BCUT2D eigenvalue weighted by atomic mass is 10.3. The van der Waals surface area contributed by atoms with Gasteiger partial charge in [0.25, 0.3) is 0 Å². The lowest BCUT2D eigenvalue weighted by molar-refractivity contribution is 0.0982. The van der Waals surface area contributed by atoms with Crippen molar-refractivity contribution < 1.29 is 9.21 Å². The van der Waals surface area contributed by atoms with Crippen LogP contribution in [-0.4, -0.2) is 10.8 Å². The molecule has 0 aliphatic carbocycles. The molecule has 0 aromatic carbocycles. The van der Waals surface area contributed by atoms with E-state index < -0.39 is 0 Å². The minimum Gasteiger partial charge on any atom is -0.446 e. The molecule has 0 unspecified atom stereocenters. The summed E-state index contributed by atoms with van der Waals surface area (Å²) in [4.78, 5) is 15.1. The summed E-state index contributed by atoms with van der Waals surface area (Å²) in [5.41, 5.74) is 0. The average molecular weight is 254 g/mol. The van der Waals surface area contributed by atoms with Gasteiger partial charge in [-0.25, -0.2) is 4.98 Å². The van der Waals surface area contributed by atoms with E-state index in [9.17, 15) is 4.79 Å². The van der Waals surface area contributed by atoms with Gasteiger partial charge in [0.1, 0.15) is 5.03 Å². The van der Waals surface area contributed by atoms with Crippen molar-refractivity contribution in [1.82, 2.24) is 4.98 Å². The van der Waals surface area contributed by atoms with Gasteiger partial charge >= 0.3 is 0 Å². The molecule has 2 rings (SSSR count). The summed E-state index contributed by atoms with van der Waals surface area (Å²) in [5.74, 6) is 0.244. The summed E-state index contributed by atoms with van der Waals surface area (Å²) in [7, 11) is 0. The second kappa shape index (κ2) is 4.72. The van der Waals surface area contributed by atoms with Gasteiger partial charge in [-0.15, -0.1) is 0 Å². The van der Waals surface area contributed by atoms with Crippen LogP contribution in [0.5, 0.6) is 0 Å². The first-order valence-electron chi connectivity index (χ1n) is 4.56. The summed E-state index contributed by atoms with van der Waals surface area (Å²) in [6.07, 6.45) is 1.66. The lowest BCUT2D eigenvalue weighted by Crippen LogP contribution is -1.86. The molecule has 2 aromatic rings. The third-order valence-corrected chi connectivity index (χ3v) is 3.21. The molecule has 0 atom stereocenters. The topological polar surface area (TPSA) is 43.1 Å². The highest BCUT2D eigenvalue weighted by Gasteiger charge is 2.09. The van der Waals surface area contributed by atoms with E-state index in [1.165, 1.54) is 18.7 Å². The number of nitrogens with zero attached hydrogens (tertiary/aromatic N) is 1. The number of Topliss-reactive ketones (excluding diaryl/α,β-unsaturated/α-hetero) is 1. The molecule has 0 bridgehead atoms. The predicted octanol–water partition coefficient (Wildman–Crippen LogP) is 3.68. The predicted molar refractivity (Wildman–Crippen MR) is 62.1 cm³/mol. The molecule has 5 heteroatoms. The van der Waals surface area contributed by atoms with Gasteiger partial charge in [-0.05, 0) is 36.0 Å². The van der Waals surface area contributed by atoms with Crippen LogP contribution >= 0.6 is 23.4 Å². The maximum Gasteiger partial charge on any atom is 0.194 e. The first-order valence-corrected chi connectivity index (χ1v) is 5.75. The van der Waals surface area contributed by atoms with Crippen molar-refractivity contribution in [3.05, 3.63) is 41.2 Å². The molecule has 0 saturated heterocycles. The first-order chi connectivity index (χ1) is 7.66. The molecule has 82 valence electrons. The SMILES string of the molecule is CC(=O)c1ccc(Sc2ncccc2Cl)o1. The van der Waals surface area contributed by atoms with Crippen LogP contribution in [0.1, 0.15) is 17.5 Å². The van der Waals surface area contributed by atoms with Gasteiger partial charge in [0.15, 0.2) is 16.6 Å². The molecule has 2 aromatic heterocycles. The van der Waals surface area contributed by atoms with Crippen molar-refractivity contribution in [2.75, 3.05) is 0 Å². The normalized spacial score (nSPS) is 10.4. The van der Waals surface area contributed by atoms with Gasteiger partial charge in [-0.3, -0.25) is 4.79 Å². The van der Waals surface area contributed by atoms with E-state index in [0.29, 0.717) is 20.9 Å². The van der Waals surface area contributed by atoms with E-state index in [2.05, 4.69) is 4.98 Å². The standard InChI is InChI=1S/C11H8ClNO2S/c1-7(14)9-4-5-10(15-9)16-11-8(12)3-2-6-13-11/h2-6H,1H3. The number of furan rings is 1. The maximum atomic E-state index is 11.0. The van der Waals surface area contributed by atoms with Gasteiger partial charge in [0.05, 0.1) is 5.02 Å². The number of halogens is 1. The summed E-state index contributed by atoms with van der Waals surface area (Å²) < 4.78 is 5.32. The van der Waals surface area contributed by atoms with Crippen molar-refractivity contribution >= 4 is 29.1 Å². The van der Waals surface area contributed by atoms with Gasteiger partial charge in [0, 0.05) is 13.1 Å². The summed E-state index contributed by atoms with van der Waals surface area (Å²) in [6, 6.07) is 6.88. The fourth-order valence-electron chi connectivity index (χ4n) is 1.11. The number of pyridine rings is 1. The third-order valence-electron chi connectivity index (χ3n) is 1.85. The third kappa shape index (κ3) is 2.46. The number of carbonyl (C=O) groups is 1. The quantitative estimate of drug-likeness (QED) is 0.783. The molecular weight excluding hydrogens is 246 g/mol. The molecule has 0 aliphatic rings. The second-order valence-corrected chi connectivity index (χ2v) is 4.47. The molecule has 0 N–H and O–H groups in total. The van der Waals surface area contributed by atoms with Crippen LogP contribution in [0.3, 0.4) is 0 Å². The van der Waals surface area contributed by atoms with Gasteiger partial charge in [-0.1, -0.05) is 11.6 Å². The number of hydrogen-bond acceptors (Lipinski definition) is 4. The molecule has 0 amide bonds. The Balaban J connectivity index is 2.21. The zero-order valence-corrected chi connectivity index (χ0v) is 10.0. The van der Waals surface area contributed by atoms with E-state index in [1.807, 2.05) is 0 Å². The number of rotatable bonds is 3. The lowest BCUT2D eigenvalue weighted by Gasteiger charge is -1.98. The maximum absolute atomic E-state index is 11.0. The van der Waals surface area contributed by atoms with Crippen LogP contribution in [0.2, 0.25) is 5.02 Å². The van der Waals surface area contributed by atoms with Crippen LogP contribution in [0.4, 0.5) is 0 Å². The molecule has 3 nitrogen and oxygen atoms in total. The zero-order chi connectivity index (χ0) is 11.5. The van der Waals surface area contributed by atoms with Crippen LogP contribution in [0.25, 0.3) is 0 Å². The summed E-state index contributed by atoms with van der Waals surface area (Å²) >= 11 is 7.24. The van der Waals surface area contributed by atoms with Crippen LogP contribution in [-0.2, 0) is 0 Å². The van der Waals surface area contributed by atoms with E-state index in [4.69, 9.17) is 16.0 Å². The second-order valence-electron chi connectivity index (χ2n) is 3.07. The van der Waals surface area contributed by atoms with Crippen molar-refractivity contribution in [2.24, 2.45) is 0 Å². The van der Waals surface area contributed by atoms with Crippen LogP contribution in [0.15, 0.2) is 45.0 Å². The minimum absolute atomic E-state index is 0.0982. The molecule has 16 heavy (non-hydrogen) atoms. The van der Waals surface area contributed by atoms with Gasteiger partial charge in [-0.2, -0.15) is 0 Å². The van der Waals surface area contributed by atoms with Crippen molar-refractivity contribution in [3.63, 3.8) is 0 Å². The minimum atomic E-state index is -0.0982. The average Bonchev–Trinajstić information content (AvgIpc) is 2.70. The zero-order valence-electron chi connectivity index (χ0n) is 8.44. The van der Waals surface area contributed by atoms with Crippen LogP contribution < -0.4 is 0 Å². The highest BCUT2D eigenvalue weighted by Crippen LogP contribution is 2.32. The Morgan fingerprint density at radius 2 is 2.25 bits per heavy atom. The smallest absolute Gasteiger partial charge is 0.194 e. The number of carbonyl (C=O) groups excluding carboxylic acids is 1. The van der Waals surface area contributed by atoms with Gasteiger partial charge < -0.3 is 4.42 Å². The molecule has 0 saturated carbocycles. The Labute approximate surface area is 102 Å². The first kappa shape index (κ1) is 11.2. The molecule has 0 fully saturated rings. The van der Waals surface area contributed by atoms with Crippen molar-refractivity contribution in [1.29, 1.82) is 0 Å². The fourth-order valence-corrected chi connectivity index (χ4v) is 2.08. The van der Waals surface area contributed by atoms with E-state index >= 15 is 0 Å².